The van der Waals surface area contributed by atoms with Crippen molar-refractivity contribution in [1.82, 2.24) is 14.9 Å². The van der Waals surface area contributed by atoms with Crippen molar-refractivity contribution in [2.45, 2.75) is 63.6 Å². The molecule has 2 fully saturated rings. The quantitative estimate of drug-likeness (QED) is 0.233. The summed E-state index contributed by atoms with van der Waals surface area (Å²) < 4.78 is 54.1. The number of benzene rings is 1. The molecule has 1 aliphatic carbocycles. The van der Waals surface area contributed by atoms with E-state index in [0.29, 0.717) is 56.1 Å². The lowest BCUT2D eigenvalue weighted by Crippen LogP contribution is -2.60. The fourth-order valence-electron chi connectivity index (χ4n) is 5.45. The highest BCUT2D eigenvalue weighted by atomic mass is 32.2. The van der Waals surface area contributed by atoms with Gasteiger partial charge in [-0.25, -0.2) is 4.39 Å². The summed E-state index contributed by atoms with van der Waals surface area (Å²) >= 11 is 0. The van der Waals surface area contributed by atoms with Gasteiger partial charge in [0.15, 0.2) is 0 Å². The Bertz CT molecular complexity index is 885. The highest BCUT2D eigenvalue weighted by Gasteiger charge is 2.31. The van der Waals surface area contributed by atoms with Crippen LogP contribution in [0.4, 0.5) is 10.1 Å². The second kappa shape index (κ2) is 13.7. The van der Waals surface area contributed by atoms with E-state index < -0.39 is 22.3 Å². The maximum atomic E-state index is 13.6. The molecule has 2 aliphatic rings. The van der Waals surface area contributed by atoms with Crippen LogP contribution in [0.3, 0.4) is 0 Å². The van der Waals surface area contributed by atoms with Crippen LogP contribution in [0.2, 0.25) is 0 Å². The fraction of sp³-hybridized carbons (Fsp3) is 0.750. The van der Waals surface area contributed by atoms with Crippen molar-refractivity contribution >= 4 is 16.0 Å². The number of piperazine rings is 1. The number of ether oxygens (including phenoxy) is 1. The van der Waals surface area contributed by atoms with E-state index in [1.807, 2.05) is 9.80 Å². The van der Waals surface area contributed by atoms with Gasteiger partial charge < -0.3 is 20.7 Å². The van der Waals surface area contributed by atoms with Gasteiger partial charge in [0.05, 0.1) is 19.0 Å². The van der Waals surface area contributed by atoms with E-state index in [1.54, 1.807) is 6.07 Å². The third-order valence-corrected chi connectivity index (χ3v) is 7.80. The zero-order valence-electron chi connectivity index (χ0n) is 20.8. The molecule has 2 atom stereocenters. The van der Waals surface area contributed by atoms with Gasteiger partial charge in [0, 0.05) is 38.3 Å². The van der Waals surface area contributed by atoms with Crippen molar-refractivity contribution in [2.24, 2.45) is 11.7 Å². The summed E-state index contributed by atoms with van der Waals surface area (Å²) in [5, 5.41) is 3.75. The Morgan fingerprint density at radius 2 is 2.00 bits per heavy atom. The van der Waals surface area contributed by atoms with Crippen LogP contribution in [0.1, 0.15) is 51.4 Å². The summed E-state index contributed by atoms with van der Waals surface area (Å²) in [6, 6.07) is 4.78. The first-order chi connectivity index (χ1) is 16.8. The smallest absolute Gasteiger partial charge is 0.334 e. The zero-order valence-corrected chi connectivity index (χ0v) is 21.6. The predicted octanol–water partition coefficient (Wildman–Crippen LogP) is 2.34. The van der Waals surface area contributed by atoms with Gasteiger partial charge in [-0.2, -0.15) is 13.1 Å². The molecule has 9 nitrogen and oxygen atoms in total. The van der Waals surface area contributed by atoms with Crippen LogP contribution in [-0.2, 0) is 10.3 Å². The van der Waals surface area contributed by atoms with Crippen molar-refractivity contribution in [2.75, 3.05) is 51.3 Å². The van der Waals surface area contributed by atoms with Crippen molar-refractivity contribution in [3.63, 3.8) is 0 Å². The molecule has 5 N–H and O–H groups in total. The Kier molecular flexibility index (Phi) is 11.0. The van der Waals surface area contributed by atoms with Crippen LogP contribution in [-0.4, -0.2) is 76.5 Å². The van der Waals surface area contributed by atoms with Gasteiger partial charge in [0.2, 0.25) is 0 Å². The molecule has 3 rings (SSSR count). The van der Waals surface area contributed by atoms with Crippen LogP contribution in [0.15, 0.2) is 18.2 Å². The summed E-state index contributed by atoms with van der Waals surface area (Å²) in [5.41, 5.74) is 6.45. The zero-order chi connectivity index (χ0) is 25.3. The summed E-state index contributed by atoms with van der Waals surface area (Å²) in [6.07, 6.45) is 8.84. The molecule has 1 aliphatic heterocycles. The van der Waals surface area contributed by atoms with E-state index in [4.69, 9.17) is 10.5 Å². The number of nitrogens with one attached hydrogen (secondary N) is 2. The summed E-state index contributed by atoms with van der Waals surface area (Å²) in [6.45, 7) is 3.75. The van der Waals surface area contributed by atoms with E-state index in [2.05, 4.69) is 10.0 Å². The van der Waals surface area contributed by atoms with Crippen LogP contribution < -0.4 is 25.4 Å². The minimum Gasteiger partial charge on any atom is -0.494 e. The molecule has 1 saturated heterocycles. The SMILES string of the molecule is COc1cc(F)ccc1N1CCN(CCCNC(CCCN)C2CCCCC2)C(NS(=O)(=O)O)C1. The third kappa shape index (κ3) is 8.83. The van der Waals surface area contributed by atoms with Gasteiger partial charge in [-0.15, -0.1) is 0 Å². The molecule has 1 heterocycles. The minimum atomic E-state index is -4.39. The molecular formula is C24H42FN5O4S. The van der Waals surface area contributed by atoms with E-state index >= 15 is 0 Å². The number of hydrogen-bond acceptors (Lipinski definition) is 7. The molecule has 0 spiro atoms. The lowest BCUT2D eigenvalue weighted by molar-refractivity contribution is 0.159. The second-order valence-electron chi connectivity index (χ2n) is 9.65. The normalized spacial score (nSPS) is 21.3. The fourth-order valence-corrected chi connectivity index (χ4v) is 6.02. The van der Waals surface area contributed by atoms with Gasteiger partial charge in [-0.3, -0.25) is 9.45 Å². The molecule has 1 saturated carbocycles. The first-order valence-corrected chi connectivity index (χ1v) is 14.3. The van der Waals surface area contributed by atoms with Gasteiger partial charge in [-0.1, -0.05) is 19.3 Å². The first-order valence-electron chi connectivity index (χ1n) is 12.8. The number of nitrogens with two attached hydrogens (primary N) is 1. The summed E-state index contributed by atoms with van der Waals surface area (Å²) in [7, 11) is -2.91. The number of halogens is 1. The van der Waals surface area contributed by atoms with Crippen molar-refractivity contribution < 1.29 is 22.1 Å². The Labute approximate surface area is 209 Å². The number of hydrogen-bond donors (Lipinski definition) is 4. The van der Waals surface area contributed by atoms with E-state index in [9.17, 15) is 17.4 Å². The Hall–Kier alpha value is -1.50. The van der Waals surface area contributed by atoms with Gasteiger partial charge in [-0.05, 0) is 63.2 Å². The number of anilines is 1. The Morgan fingerprint density at radius 1 is 1.23 bits per heavy atom. The number of nitrogens with zero attached hydrogens (tertiary/aromatic N) is 2. The monoisotopic (exact) mass is 515 g/mol. The molecule has 0 radical (unpaired) electrons. The van der Waals surface area contributed by atoms with Gasteiger partial charge >= 0.3 is 10.3 Å². The van der Waals surface area contributed by atoms with Crippen LogP contribution in [0, 0.1) is 11.7 Å². The molecule has 2 unspecified atom stereocenters. The average molecular weight is 516 g/mol. The summed E-state index contributed by atoms with van der Waals surface area (Å²) in [4.78, 5) is 3.99. The predicted molar refractivity (Wildman–Crippen MR) is 136 cm³/mol. The van der Waals surface area contributed by atoms with Gasteiger partial charge in [0.25, 0.3) is 0 Å². The minimum absolute atomic E-state index is 0.302. The lowest BCUT2D eigenvalue weighted by atomic mass is 9.82. The molecule has 0 aromatic heterocycles. The molecule has 200 valence electrons. The maximum absolute atomic E-state index is 13.6. The molecule has 35 heavy (non-hydrogen) atoms. The highest BCUT2D eigenvalue weighted by Crippen LogP contribution is 2.31. The molecule has 0 bridgehead atoms. The standard InChI is InChI=1S/C24H42FN5O4S/c1-34-23-17-20(25)10-11-22(23)30-16-15-29(24(18-30)28-35(31,32)33)14-6-13-27-21(9-5-12-26)19-7-3-2-4-8-19/h10-11,17,19,21,24,27-28H,2-9,12-16,18,26H2,1H3,(H,31,32,33). The van der Waals surface area contributed by atoms with Crippen LogP contribution >= 0.6 is 0 Å². The highest BCUT2D eigenvalue weighted by molar-refractivity contribution is 7.83. The second-order valence-corrected chi connectivity index (χ2v) is 10.8. The van der Waals surface area contributed by atoms with Gasteiger partial charge in [0.1, 0.15) is 11.6 Å². The van der Waals surface area contributed by atoms with E-state index in [0.717, 1.165) is 25.8 Å². The maximum Gasteiger partial charge on any atom is 0.334 e. The molecular weight excluding hydrogens is 473 g/mol. The Balaban J connectivity index is 1.57. The summed E-state index contributed by atoms with van der Waals surface area (Å²) in [5.74, 6) is 0.695. The largest absolute Gasteiger partial charge is 0.494 e. The van der Waals surface area contributed by atoms with E-state index in [1.165, 1.54) is 51.3 Å². The van der Waals surface area contributed by atoms with Crippen molar-refractivity contribution in [3.05, 3.63) is 24.0 Å². The molecule has 11 heteroatoms. The van der Waals surface area contributed by atoms with Crippen LogP contribution in [0.25, 0.3) is 0 Å². The first kappa shape index (κ1) is 28.1. The molecule has 0 amide bonds. The lowest BCUT2D eigenvalue weighted by Gasteiger charge is -2.42. The topological polar surface area (TPSA) is 120 Å². The molecule has 1 aromatic rings. The average Bonchev–Trinajstić information content (AvgIpc) is 2.83. The van der Waals surface area contributed by atoms with Crippen molar-refractivity contribution in [1.29, 1.82) is 0 Å². The molecule has 1 aromatic carbocycles. The number of rotatable bonds is 13. The van der Waals surface area contributed by atoms with Crippen molar-refractivity contribution in [3.8, 4) is 5.75 Å². The number of methoxy groups -OCH3 is 1. The van der Waals surface area contributed by atoms with Crippen LogP contribution in [0.5, 0.6) is 5.75 Å². The third-order valence-electron chi connectivity index (χ3n) is 7.23. The Morgan fingerprint density at radius 3 is 2.69 bits per heavy atom. The van der Waals surface area contributed by atoms with E-state index in [-0.39, 0.29) is 0 Å².